The first-order valence-corrected chi connectivity index (χ1v) is 8.34. The fourth-order valence-corrected chi connectivity index (χ4v) is 3.28. The highest BCUT2D eigenvalue weighted by molar-refractivity contribution is 9.10. The van der Waals surface area contributed by atoms with Crippen molar-refractivity contribution in [2.45, 2.75) is 32.2 Å². The number of likely N-dealkylation sites (tertiary alicyclic amines) is 1. The molecule has 120 valence electrons. The SMILES string of the molecule is C[C@H]1CCCN(C(=O)C[C@@H](NC(N)=O)c2cccc(Br)c2)C1. The van der Waals surface area contributed by atoms with Gasteiger partial charge >= 0.3 is 6.03 Å². The standard InChI is InChI=1S/C16H22BrN3O2/c1-11-4-3-7-20(10-11)15(21)9-14(19-16(18)22)12-5-2-6-13(17)8-12/h2,5-6,8,11,14H,3-4,7,9-10H2,1H3,(H3,18,19,22)/t11-,14+/m0/s1. The number of hydrogen-bond acceptors (Lipinski definition) is 2. The highest BCUT2D eigenvalue weighted by atomic mass is 79.9. The second-order valence-corrected chi connectivity index (χ2v) is 6.82. The number of carbonyl (C=O) groups excluding carboxylic acids is 2. The third kappa shape index (κ3) is 4.73. The van der Waals surface area contributed by atoms with Crippen LogP contribution >= 0.6 is 15.9 Å². The lowest BCUT2D eigenvalue weighted by Crippen LogP contribution is -2.42. The Bertz CT molecular complexity index is 550. The molecule has 3 amide bonds. The van der Waals surface area contributed by atoms with Crippen LogP contribution in [0, 0.1) is 5.92 Å². The van der Waals surface area contributed by atoms with E-state index in [9.17, 15) is 9.59 Å². The van der Waals surface area contributed by atoms with Crippen LogP contribution in [0.1, 0.15) is 37.8 Å². The number of rotatable bonds is 4. The van der Waals surface area contributed by atoms with Gasteiger partial charge in [0.15, 0.2) is 0 Å². The molecular formula is C16H22BrN3O2. The number of hydrogen-bond donors (Lipinski definition) is 2. The summed E-state index contributed by atoms with van der Waals surface area (Å²) in [6, 6.07) is 6.54. The quantitative estimate of drug-likeness (QED) is 0.858. The highest BCUT2D eigenvalue weighted by Gasteiger charge is 2.25. The molecule has 1 saturated heterocycles. The number of carbonyl (C=O) groups is 2. The second kappa shape index (κ2) is 7.63. The fourth-order valence-electron chi connectivity index (χ4n) is 2.87. The van der Waals surface area contributed by atoms with E-state index in [-0.39, 0.29) is 12.3 Å². The Hall–Kier alpha value is -1.56. The van der Waals surface area contributed by atoms with Crippen LogP contribution in [0.25, 0.3) is 0 Å². The van der Waals surface area contributed by atoms with Gasteiger partial charge in [0.2, 0.25) is 5.91 Å². The topological polar surface area (TPSA) is 75.4 Å². The molecule has 6 heteroatoms. The molecule has 1 aliphatic heterocycles. The number of primary amides is 1. The molecule has 22 heavy (non-hydrogen) atoms. The minimum atomic E-state index is -0.621. The number of urea groups is 1. The summed E-state index contributed by atoms with van der Waals surface area (Å²) in [5, 5.41) is 2.68. The molecule has 5 nitrogen and oxygen atoms in total. The molecule has 0 unspecified atom stereocenters. The molecule has 1 fully saturated rings. The van der Waals surface area contributed by atoms with E-state index in [4.69, 9.17) is 5.73 Å². The van der Waals surface area contributed by atoms with Gasteiger partial charge in [-0.25, -0.2) is 4.79 Å². The van der Waals surface area contributed by atoms with Gasteiger partial charge < -0.3 is 16.0 Å². The van der Waals surface area contributed by atoms with E-state index in [1.54, 1.807) is 0 Å². The van der Waals surface area contributed by atoms with Gasteiger partial charge in [-0.1, -0.05) is 35.0 Å². The minimum absolute atomic E-state index is 0.0604. The highest BCUT2D eigenvalue weighted by Crippen LogP contribution is 2.23. The molecule has 0 aliphatic carbocycles. The normalized spacial score (nSPS) is 19.5. The van der Waals surface area contributed by atoms with E-state index in [1.807, 2.05) is 29.2 Å². The summed E-state index contributed by atoms with van der Waals surface area (Å²) < 4.78 is 0.903. The van der Waals surface area contributed by atoms with E-state index in [0.717, 1.165) is 29.5 Å². The maximum atomic E-state index is 12.5. The van der Waals surface area contributed by atoms with Crippen LogP contribution in [-0.4, -0.2) is 29.9 Å². The summed E-state index contributed by atoms with van der Waals surface area (Å²) in [7, 11) is 0. The van der Waals surface area contributed by atoms with Crippen molar-refractivity contribution in [3.63, 3.8) is 0 Å². The van der Waals surface area contributed by atoms with Crippen LogP contribution in [0.15, 0.2) is 28.7 Å². The number of nitrogens with one attached hydrogen (secondary N) is 1. The van der Waals surface area contributed by atoms with Gasteiger partial charge in [-0.2, -0.15) is 0 Å². The Morgan fingerprint density at radius 1 is 1.50 bits per heavy atom. The van der Waals surface area contributed by atoms with Gasteiger partial charge in [0, 0.05) is 17.6 Å². The van der Waals surface area contributed by atoms with Gasteiger partial charge in [0.25, 0.3) is 0 Å². The Kier molecular flexibility index (Phi) is 5.83. The van der Waals surface area contributed by atoms with Crippen molar-refractivity contribution in [2.75, 3.05) is 13.1 Å². The maximum Gasteiger partial charge on any atom is 0.312 e. The van der Waals surface area contributed by atoms with E-state index in [0.29, 0.717) is 5.92 Å². The third-order valence-corrected chi connectivity index (χ3v) is 4.45. The second-order valence-electron chi connectivity index (χ2n) is 5.91. The molecule has 0 bridgehead atoms. The Morgan fingerprint density at radius 3 is 2.91 bits per heavy atom. The summed E-state index contributed by atoms with van der Waals surface area (Å²) >= 11 is 3.41. The monoisotopic (exact) mass is 367 g/mol. The van der Waals surface area contributed by atoms with Gasteiger partial charge in [0.05, 0.1) is 12.5 Å². The van der Waals surface area contributed by atoms with Crippen molar-refractivity contribution >= 4 is 27.9 Å². The number of amides is 3. The molecule has 0 spiro atoms. The zero-order valence-corrected chi connectivity index (χ0v) is 14.3. The van der Waals surface area contributed by atoms with Crippen LogP contribution in [0.2, 0.25) is 0 Å². The number of halogens is 1. The molecule has 3 N–H and O–H groups in total. The average molecular weight is 368 g/mol. The van der Waals surface area contributed by atoms with Crippen molar-refractivity contribution < 1.29 is 9.59 Å². The Labute approximate surface area is 139 Å². The molecule has 1 aromatic carbocycles. The largest absolute Gasteiger partial charge is 0.352 e. The predicted octanol–water partition coefficient (Wildman–Crippen LogP) is 2.81. The van der Waals surface area contributed by atoms with Crippen LogP contribution in [0.5, 0.6) is 0 Å². The first-order valence-electron chi connectivity index (χ1n) is 7.55. The summed E-state index contributed by atoms with van der Waals surface area (Å²) in [4.78, 5) is 25.7. The van der Waals surface area contributed by atoms with E-state index in [1.165, 1.54) is 6.42 Å². The molecule has 2 rings (SSSR count). The van der Waals surface area contributed by atoms with E-state index >= 15 is 0 Å². The Morgan fingerprint density at radius 2 is 2.27 bits per heavy atom. The van der Waals surface area contributed by atoms with Crippen LogP contribution in [0.4, 0.5) is 4.79 Å². The summed E-state index contributed by atoms with van der Waals surface area (Å²) in [5.74, 6) is 0.594. The number of nitrogens with zero attached hydrogens (tertiary/aromatic N) is 1. The third-order valence-electron chi connectivity index (χ3n) is 3.96. The van der Waals surface area contributed by atoms with Crippen molar-refractivity contribution in [3.05, 3.63) is 34.3 Å². The van der Waals surface area contributed by atoms with Crippen LogP contribution < -0.4 is 11.1 Å². The lowest BCUT2D eigenvalue weighted by atomic mass is 9.98. The van der Waals surface area contributed by atoms with E-state index < -0.39 is 12.1 Å². The maximum absolute atomic E-state index is 12.5. The predicted molar refractivity (Wildman–Crippen MR) is 89.2 cm³/mol. The number of piperidine rings is 1. The molecule has 1 heterocycles. The molecule has 0 radical (unpaired) electrons. The minimum Gasteiger partial charge on any atom is -0.352 e. The zero-order chi connectivity index (χ0) is 16.1. The molecule has 0 saturated carbocycles. The lowest BCUT2D eigenvalue weighted by molar-refractivity contribution is -0.133. The molecule has 1 aliphatic rings. The van der Waals surface area contributed by atoms with Gasteiger partial charge in [-0.3, -0.25) is 4.79 Å². The fraction of sp³-hybridized carbons (Fsp3) is 0.500. The molecule has 1 aromatic rings. The summed E-state index contributed by atoms with van der Waals surface area (Å²) in [5.41, 5.74) is 6.13. The van der Waals surface area contributed by atoms with Crippen molar-refractivity contribution in [3.8, 4) is 0 Å². The molecule has 2 atom stereocenters. The summed E-state index contributed by atoms with van der Waals surface area (Å²) in [6.07, 6.45) is 2.43. The van der Waals surface area contributed by atoms with Crippen molar-refractivity contribution in [1.29, 1.82) is 0 Å². The average Bonchev–Trinajstić information content (AvgIpc) is 2.46. The summed E-state index contributed by atoms with van der Waals surface area (Å²) in [6.45, 7) is 3.75. The number of nitrogens with two attached hydrogens (primary N) is 1. The first kappa shape index (κ1) is 16.8. The van der Waals surface area contributed by atoms with Crippen molar-refractivity contribution in [2.24, 2.45) is 11.7 Å². The molecular weight excluding hydrogens is 346 g/mol. The van der Waals surface area contributed by atoms with Gasteiger partial charge in [-0.15, -0.1) is 0 Å². The smallest absolute Gasteiger partial charge is 0.312 e. The van der Waals surface area contributed by atoms with Gasteiger partial charge in [-0.05, 0) is 36.5 Å². The van der Waals surface area contributed by atoms with Gasteiger partial charge in [0.1, 0.15) is 0 Å². The van der Waals surface area contributed by atoms with Crippen LogP contribution in [-0.2, 0) is 4.79 Å². The van der Waals surface area contributed by atoms with Crippen molar-refractivity contribution in [1.82, 2.24) is 10.2 Å². The zero-order valence-electron chi connectivity index (χ0n) is 12.7. The van der Waals surface area contributed by atoms with E-state index in [2.05, 4.69) is 28.2 Å². The van der Waals surface area contributed by atoms with Crippen LogP contribution in [0.3, 0.4) is 0 Å². The number of benzene rings is 1. The first-order chi connectivity index (χ1) is 10.5. The lowest BCUT2D eigenvalue weighted by Gasteiger charge is -2.32. The molecule has 0 aromatic heterocycles. The Balaban J connectivity index is 2.09.